The summed E-state index contributed by atoms with van der Waals surface area (Å²) in [5, 5.41) is 9.88. The molecule has 1 heterocycles. The van der Waals surface area contributed by atoms with Crippen LogP contribution in [0.5, 0.6) is 5.88 Å². The molecule has 0 spiro atoms. The quantitative estimate of drug-likeness (QED) is 0.779. The van der Waals surface area contributed by atoms with E-state index >= 15 is 0 Å². The number of esters is 1. The van der Waals surface area contributed by atoms with E-state index in [2.05, 4.69) is 9.72 Å². The van der Waals surface area contributed by atoms with Crippen molar-refractivity contribution >= 4 is 5.97 Å². The Hall–Kier alpha value is -1.52. The maximum atomic E-state index is 11.3. The molecule has 1 saturated carbocycles. The van der Waals surface area contributed by atoms with E-state index in [4.69, 9.17) is 0 Å². The molecule has 16 heavy (non-hydrogen) atoms. The third kappa shape index (κ3) is 1.89. The van der Waals surface area contributed by atoms with Gasteiger partial charge in [0.15, 0.2) is 0 Å². The zero-order valence-electron chi connectivity index (χ0n) is 9.35. The first-order chi connectivity index (χ1) is 7.74. The van der Waals surface area contributed by atoms with E-state index in [-0.39, 0.29) is 17.6 Å². The zero-order chi connectivity index (χ0) is 11.5. The topological polar surface area (TPSA) is 64.3 Å². The van der Waals surface area contributed by atoms with Gasteiger partial charge in [0.25, 0.3) is 0 Å². The second kappa shape index (κ2) is 4.55. The molecule has 0 aliphatic heterocycles. The third-order valence-electron chi connectivity index (χ3n) is 3.11. The minimum atomic E-state index is -0.591. The highest BCUT2D eigenvalue weighted by atomic mass is 16.5. The van der Waals surface area contributed by atoms with Crippen LogP contribution >= 0.6 is 0 Å². The van der Waals surface area contributed by atoms with E-state index in [9.17, 15) is 9.90 Å². The highest BCUT2D eigenvalue weighted by Gasteiger charge is 2.23. The number of rotatable bonds is 2. The lowest BCUT2D eigenvalue weighted by molar-refractivity contribution is 0.0590. The van der Waals surface area contributed by atoms with E-state index < -0.39 is 5.97 Å². The molecule has 1 aromatic rings. The van der Waals surface area contributed by atoms with Crippen molar-refractivity contribution in [1.29, 1.82) is 0 Å². The summed E-state index contributed by atoms with van der Waals surface area (Å²) in [6.07, 6.45) is 7.16. The smallest absolute Gasteiger partial charge is 0.362 e. The molecule has 1 N–H and O–H groups in total. The lowest BCUT2D eigenvalue weighted by Crippen LogP contribution is -2.12. The second-order valence-electron chi connectivity index (χ2n) is 4.11. The molecule has 88 valence electrons. The average Bonchev–Trinajstić information content (AvgIpc) is 2.71. The van der Waals surface area contributed by atoms with Crippen molar-refractivity contribution in [3.63, 3.8) is 0 Å². The number of ether oxygens (including phenoxy) is 1. The van der Waals surface area contributed by atoms with Gasteiger partial charge in [-0.25, -0.2) is 9.78 Å². The molecule has 1 aromatic heterocycles. The first-order valence-electron chi connectivity index (χ1n) is 5.58. The molecular weight excluding hydrogens is 208 g/mol. The van der Waals surface area contributed by atoms with Crippen LogP contribution < -0.4 is 0 Å². The standard InChI is InChI=1S/C11H16N2O3/c1-16-11(15)9-10(14)13(7-12-9)8-5-3-2-4-6-8/h7-8,14H,2-6H2,1H3. The third-order valence-corrected chi connectivity index (χ3v) is 3.11. The predicted octanol–water partition coefficient (Wildman–Crippen LogP) is 1.88. The number of aromatic nitrogens is 2. The average molecular weight is 224 g/mol. The van der Waals surface area contributed by atoms with Gasteiger partial charge in [-0.05, 0) is 12.8 Å². The molecule has 0 atom stereocenters. The number of carbonyl (C=O) groups excluding carboxylic acids is 1. The summed E-state index contributed by atoms with van der Waals surface area (Å²) >= 11 is 0. The number of imidazole rings is 1. The Morgan fingerprint density at radius 2 is 2.19 bits per heavy atom. The van der Waals surface area contributed by atoms with Crippen LogP contribution in [0.25, 0.3) is 0 Å². The van der Waals surface area contributed by atoms with Gasteiger partial charge in [0, 0.05) is 6.04 Å². The molecule has 0 aromatic carbocycles. The largest absolute Gasteiger partial charge is 0.493 e. The molecule has 5 heteroatoms. The van der Waals surface area contributed by atoms with Gasteiger partial charge in [-0.15, -0.1) is 0 Å². The lowest BCUT2D eigenvalue weighted by Gasteiger charge is -2.23. The van der Waals surface area contributed by atoms with Crippen molar-refractivity contribution in [3.05, 3.63) is 12.0 Å². The number of nitrogens with zero attached hydrogens (tertiary/aromatic N) is 2. The van der Waals surface area contributed by atoms with Crippen LogP contribution in [0.15, 0.2) is 6.33 Å². The van der Waals surface area contributed by atoms with Crippen LogP contribution in [-0.4, -0.2) is 27.7 Å². The minimum Gasteiger partial charge on any atom is -0.493 e. The maximum Gasteiger partial charge on any atom is 0.362 e. The van der Waals surface area contributed by atoms with Gasteiger partial charge < -0.3 is 9.84 Å². The Morgan fingerprint density at radius 3 is 2.81 bits per heavy atom. The molecule has 0 amide bonds. The number of methoxy groups -OCH3 is 1. The van der Waals surface area contributed by atoms with E-state index in [1.807, 2.05) is 0 Å². The summed E-state index contributed by atoms with van der Waals surface area (Å²) < 4.78 is 6.23. The lowest BCUT2D eigenvalue weighted by atomic mass is 9.95. The minimum absolute atomic E-state index is 0.00748. The normalized spacial score (nSPS) is 17.3. The summed E-state index contributed by atoms with van der Waals surface area (Å²) in [7, 11) is 1.28. The molecule has 2 rings (SSSR count). The Labute approximate surface area is 94.1 Å². The van der Waals surface area contributed by atoms with Crippen molar-refractivity contribution < 1.29 is 14.6 Å². The van der Waals surface area contributed by atoms with Crippen LogP contribution in [0.3, 0.4) is 0 Å². The van der Waals surface area contributed by atoms with E-state index in [1.54, 1.807) is 4.57 Å². The Kier molecular flexibility index (Phi) is 3.12. The maximum absolute atomic E-state index is 11.3. The van der Waals surface area contributed by atoms with Crippen molar-refractivity contribution in [2.75, 3.05) is 7.11 Å². The number of carbonyl (C=O) groups is 1. The monoisotopic (exact) mass is 224 g/mol. The molecule has 1 aliphatic rings. The predicted molar refractivity (Wildman–Crippen MR) is 57.4 cm³/mol. The summed E-state index contributed by atoms with van der Waals surface area (Å²) in [6, 6.07) is 0.264. The van der Waals surface area contributed by atoms with E-state index in [1.165, 1.54) is 19.9 Å². The Balaban J connectivity index is 2.21. The van der Waals surface area contributed by atoms with Crippen molar-refractivity contribution in [1.82, 2.24) is 9.55 Å². The Bertz CT molecular complexity index is 381. The first kappa shape index (κ1) is 11.0. The van der Waals surface area contributed by atoms with Crippen LogP contribution in [0.2, 0.25) is 0 Å². The molecule has 0 radical (unpaired) electrons. The van der Waals surface area contributed by atoms with Gasteiger partial charge in [0.05, 0.1) is 13.4 Å². The molecule has 0 bridgehead atoms. The summed E-state index contributed by atoms with van der Waals surface area (Å²) in [5.74, 6) is -0.661. The molecule has 1 aliphatic carbocycles. The highest BCUT2D eigenvalue weighted by Crippen LogP contribution is 2.32. The van der Waals surface area contributed by atoms with Crippen molar-refractivity contribution in [2.45, 2.75) is 38.1 Å². The van der Waals surface area contributed by atoms with Crippen LogP contribution in [0.4, 0.5) is 0 Å². The molecule has 5 nitrogen and oxygen atoms in total. The summed E-state index contributed by atoms with van der Waals surface area (Å²) in [6.45, 7) is 0. The molecule has 1 fully saturated rings. The fraction of sp³-hybridized carbons (Fsp3) is 0.636. The van der Waals surface area contributed by atoms with Gasteiger partial charge >= 0.3 is 5.97 Å². The van der Waals surface area contributed by atoms with Gasteiger partial charge in [0.1, 0.15) is 0 Å². The van der Waals surface area contributed by atoms with Crippen LogP contribution in [0.1, 0.15) is 48.6 Å². The fourth-order valence-corrected chi connectivity index (χ4v) is 2.22. The number of aromatic hydroxyl groups is 1. The zero-order valence-corrected chi connectivity index (χ0v) is 9.35. The molecule has 0 saturated heterocycles. The SMILES string of the molecule is COC(=O)c1ncn(C2CCCCC2)c1O. The van der Waals surface area contributed by atoms with Gasteiger partial charge in [-0.2, -0.15) is 0 Å². The fourth-order valence-electron chi connectivity index (χ4n) is 2.22. The van der Waals surface area contributed by atoms with Gasteiger partial charge in [-0.3, -0.25) is 4.57 Å². The number of hydrogen-bond donors (Lipinski definition) is 1. The molecular formula is C11H16N2O3. The molecule has 0 unspecified atom stereocenters. The van der Waals surface area contributed by atoms with Gasteiger partial charge in [0.2, 0.25) is 11.6 Å². The highest BCUT2D eigenvalue weighted by molar-refractivity contribution is 5.89. The summed E-state index contributed by atoms with van der Waals surface area (Å²) in [5.41, 5.74) is 0.00748. The van der Waals surface area contributed by atoms with E-state index in [0.717, 1.165) is 25.7 Å². The first-order valence-corrected chi connectivity index (χ1v) is 5.58. The number of hydrogen-bond acceptors (Lipinski definition) is 4. The van der Waals surface area contributed by atoms with Gasteiger partial charge in [-0.1, -0.05) is 19.3 Å². The van der Waals surface area contributed by atoms with Crippen molar-refractivity contribution in [3.8, 4) is 5.88 Å². The van der Waals surface area contributed by atoms with Crippen LogP contribution in [-0.2, 0) is 4.74 Å². The van der Waals surface area contributed by atoms with E-state index in [0.29, 0.717) is 0 Å². The Morgan fingerprint density at radius 1 is 1.50 bits per heavy atom. The van der Waals surface area contributed by atoms with Crippen molar-refractivity contribution in [2.24, 2.45) is 0 Å². The second-order valence-corrected chi connectivity index (χ2v) is 4.11. The van der Waals surface area contributed by atoms with Crippen LogP contribution in [0, 0.1) is 0 Å². The summed E-state index contributed by atoms with van der Waals surface area (Å²) in [4.78, 5) is 15.2.